The van der Waals surface area contributed by atoms with Crippen LogP contribution >= 0.6 is 0 Å². The Morgan fingerprint density at radius 2 is 1.74 bits per heavy atom. The van der Waals surface area contributed by atoms with E-state index in [1.54, 1.807) is 0 Å². The van der Waals surface area contributed by atoms with Gasteiger partial charge in [-0.2, -0.15) is 34.8 Å². The fraction of sp³-hybridized carbons (Fsp3) is 0.765. The van der Waals surface area contributed by atoms with Crippen molar-refractivity contribution >= 4 is 15.9 Å². The average molecular weight is 479 g/mol. The minimum absolute atomic E-state index is 0.145. The minimum atomic E-state index is -6.36. The Bertz CT molecular complexity index is 839. The normalized spacial score (nSPS) is 21.5. The summed E-state index contributed by atoms with van der Waals surface area (Å²) in [6.45, 7) is 1.89. The van der Waals surface area contributed by atoms with E-state index >= 15 is 0 Å². The third-order valence-corrected chi connectivity index (χ3v) is 6.10. The summed E-state index contributed by atoms with van der Waals surface area (Å²) >= 11 is 0. The molecule has 2 rings (SSSR count). The molecule has 1 fully saturated rings. The molecule has 178 valence electrons. The van der Waals surface area contributed by atoms with E-state index in [0.717, 1.165) is 0 Å². The van der Waals surface area contributed by atoms with Gasteiger partial charge < -0.3 is 10.1 Å². The molecular formula is C17H23F6N3O4S. The zero-order valence-electron chi connectivity index (χ0n) is 16.8. The molecule has 1 N–H and O–H groups in total. The summed E-state index contributed by atoms with van der Waals surface area (Å²) < 4.78 is 108. The van der Waals surface area contributed by atoms with E-state index in [0.29, 0.717) is 36.5 Å². The van der Waals surface area contributed by atoms with Crippen LogP contribution in [0.1, 0.15) is 44.7 Å². The molecule has 7 nitrogen and oxygen atoms in total. The molecule has 0 saturated heterocycles. The molecule has 0 radical (unpaired) electrons. The number of anilines is 1. The lowest BCUT2D eigenvalue weighted by molar-refractivity contribution is -0.202. The largest absolute Gasteiger partial charge is 0.523 e. The number of halogens is 6. The molecule has 31 heavy (non-hydrogen) atoms. The third-order valence-electron chi connectivity index (χ3n) is 5.04. The number of nitrogens with zero attached hydrogens (tertiary/aromatic N) is 2. The topological polar surface area (TPSA) is 90.4 Å². The Balaban J connectivity index is 2.00. The van der Waals surface area contributed by atoms with Crippen LogP contribution < -0.4 is 10.1 Å². The molecule has 1 aromatic heterocycles. The number of aryl methyl sites for hydroxylation is 1. The molecule has 1 atom stereocenters. The lowest BCUT2D eigenvalue weighted by atomic mass is 9.82. The first kappa shape index (κ1) is 25.4. The van der Waals surface area contributed by atoms with E-state index in [-0.39, 0.29) is 18.9 Å². The number of methoxy groups -OCH3 is 1. The van der Waals surface area contributed by atoms with Crippen molar-refractivity contribution in [1.29, 1.82) is 0 Å². The van der Waals surface area contributed by atoms with Crippen molar-refractivity contribution in [2.24, 2.45) is 5.92 Å². The molecule has 1 heterocycles. The molecule has 14 heteroatoms. The summed E-state index contributed by atoms with van der Waals surface area (Å²) in [4.78, 5) is 8.24. The van der Waals surface area contributed by atoms with E-state index in [1.807, 2.05) is 6.92 Å². The van der Waals surface area contributed by atoms with Crippen molar-refractivity contribution in [2.45, 2.75) is 69.3 Å². The number of aromatic nitrogens is 2. The van der Waals surface area contributed by atoms with E-state index in [2.05, 4.69) is 19.5 Å². The molecule has 1 aromatic rings. The average Bonchev–Trinajstić information content (AvgIpc) is 2.67. The number of alkyl halides is 6. The Kier molecular flexibility index (Phi) is 8.00. The number of hydrogen-bond acceptors (Lipinski definition) is 7. The maximum Gasteiger partial charge on any atom is 0.523 e. The second-order valence-corrected chi connectivity index (χ2v) is 8.74. The maximum atomic E-state index is 13.1. The van der Waals surface area contributed by atoms with Gasteiger partial charge in [0.2, 0.25) is 0 Å². The monoisotopic (exact) mass is 479 g/mol. The van der Waals surface area contributed by atoms with Gasteiger partial charge in [0.05, 0.1) is 12.8 Å². The van der Waals surface area contributed by atoms with Crippen LogP contribution in [0.5, 0.6) is 5.75 Å². The standard InChI is InChI=1S/C17H23F6N3O4S/c1-3-12-14(29-2)15(25-9-24-12)26-11-6-4-10(5-7-11)8-13(16(18,19)20)30-31(27,28)17(21,22)23/h9-11,13H,3-8H2,1-2H3,(H,24,25,26)/t10-,11+,13?. The first-order valence-corrected chi connectivity index (χ1v) is 10.9. The van der Waals surface area contributed by atoms with E-state index in [1.165, 1.54) is 13.4 Å². The SMILES string of the molecule is CCc1ncnc(N[C@H]2CC[C@@H](CC(OS(=O)(=O)C(F)(F)F)C(F)(F)F)CC2)c1OC. The summed E-state index contributed by atoms with van der Waals surface area (Å²) in [5.74, 6) is 0.271. The van der Waals surface area contributed by atoms with Gasteiger partial charge in [0.15, 0.2) is 17.7 Å². The molecule has 1 aliphatic carbocycles. The van der Waals surface area contributed by atoms with Crippen molar-refractivity contribution in [3.8, 4) is 5.75 Å². The highest BCUT2D eigenvalue weighted by molar-refractivity contribution is 7.87. The van der Waals surface area contributed by atoms with Gasteiger partial charge in [0, 0.05) is 6.04 Å². The molecule has 1 saturated carbocycles. The van der Waals surface area contributed by atoms with Gasteiger partial charge in [-0.3, -0.25) is 4.18 Å². The summed E-state index contributed by atoms with van der Waals surface area (Å²) in [6.07, 6.45) is -5.90. The molecule has 0 spiro atoms. The molecule has 0 aliphatic heterocycles. The summed E-state index contributed by atoms with van der Waals surface area (Å²) in [7, 11) is -4.89. The second-order valence-electron chi connectivity index (χ2n) is 7.18. The molecule has 1 unspecified atom stereocenters. The van der Waals surface area contributed by atoms with Crippen LogP contribution in [-0.4, -0.2) is 49.3 Å². The highest BCUT2D eigenvalue weighted by Gasteiger charge is 2.53. The smallest absolute Gasteiger partial charge is 0.491 e. The fourth-order valence-corrected chi connectivity index (χ4v) is 4.06. The zero-order chi connectivity index (χ0) is 23.4. The van der Waals surface area contributed by atoms with E-state index < -0.39 is 40.2 Å². The van der Waals surface area contributed by atoms with Crippen LogP contribution in [0.15, 0.2) is 6.33 Å². The van der Waals surface area contributed by atoms with Crippen LogP contribution in [0.25, 0.3) is 0 Å². The number of rotatable bonds is 8. The van der Waals surface area contributed by atoms with Crippen molar-refractivity contribution in [2.75, 3.05) is 12.4 Å². The predicted octanol–water partition coefficient (Wildman–Crippen LogP) is 4.21. The van der Waals surface area contributed by atoms with Crippen molar-refractivity contribution in [1.82, 2.24) is 9.97 Å². The van der Waals surface area contributed by atoms with Crippen LogP contribution in [0, 0.1) is 5.92 Å². The van der Waals surface area contributed by atoms with Crippen molar-refractivity contribution in [3.05, 3.63) is 12.0 Å². The van der Waals surface area contributed by atoms with Gasteiger partial charge in [-0.05, 0) is 44.4 Å². The van der Waals surface area contributed by atoms with Gasteiger partial charge >= 0.3 is 21.8 Å². The molecular weight excluding hydrogens is 456 g/mol. The van der Waals surface area contributed by atoms with Gasteiger partial charge in [0.25, 0.3) is 0 Å². The van der Waals surface area contributed by atoms with E-state index in [4.69, 9.17) is 4.74 Å². The van der Waals surface area contributed by atoms with Gasteiger partial charge in [-0.25, -0.2) is 9.97 Å². The maximum absolute atomic E-state index is 13.1. The molecule has 1 aliphatic rings. The Morgan fingerprint density at radius 1 is 1.13 bits per heavy atom. The highest BCUT2D eigenvalue weighted by Crippen LogP contribution is 2.38. The van der Waals surface area contributed by atoms with Gasteiger partial charge in [-0.15, -0.1) is 0 Å². The van der Waals surface area contributed by atoms with Crippen LogP contribution in [0.4, 0.5) is 32.2 Å². The third kappa shape index (κ3) is 6.57. The predicted molar refractivity (Wildman–Crippen MR) is 97.9 cm³/mol. The van der Waals surface area contributed by atoms with Crippen molar-refractivity contribution < 1.29 is 43.7 Å². The molecule has 0 bridgehead atoms. The quantitative estimate of drug-likeness (QED) is 0.339. The number of hydrogen-bond donors (Lipinski definition) is 1. The van der Waals surface area contributed by atoms with Crippen LogP contribution in [0.3, 0.4) is 0 Å². The Labute approximate surface area is 175 Å². The molecule has 0 amide bonds. The second kappa shape index (κ2) is 9.76. The number of nitrogens with one attached hydrogen (secondary N) is 1. The van der Waals surface area contributed by atoms with Crippen LogP contribution in [-0.2, 0) is 20.7 Å². The Hall–Kier alpha value is -1.83. The lowest BCUT2D eigenvalue weighted by Crippen LogP contribution is -2.40. The summed E-state index contributed by atoms with van der Waals surface area (Å²) in [5, 5.41) is 3.16. The minimum Gasteiger partial charge on any atom is -0.491 e. The lowest BCUT2D eigenvalue weighted by Gasteiger charge is -2.32. The first-order chi connectivity index (χ1) is 14.3. The van der Waals surface area contributed by atoms with Crippen molar-refractivity contribution in [3.63, 3.8) is 0 Å². The van der Waals surface area contributed by atoms with Gasteiger partial charge in [-0.1, -0.05) is 6.92 Å². The molecule has 0 aromatic carbocycles. The van der Waals surface area contributed by atoms with E-state index in [9.17, 15) is 34.8 Å². The first-order valence-electron chi connectivity index (χ1n) is 9.49. The van der Waals surface area contributed by atoms with Gasteiger partial charge in [0.1, 0.15) is 6.33 Å². The fourth-order valence-electron chi connectivity index (χ4n) is 3.45. The Morgan fingerprint density at radius 3 is 2.23 bits per heavy atom. The summed E-state index contributed by atoms with van der Waals surface area (Å²) in [6, 6.07) is -0.145. The highest BCUT2D eigenvalue weighted by atomic mass is 32.2. The zero-order valence-corrected chi connectivity index (χ0v) is 17.6. The summed E-state index contributed by atoms with van der Waals surface area (Å²) in [5.41, 5.74) is -5.24. The van der Waals surface area contributed by atoms with Crippen LogP contribution in [0.2, 0.25) is 0 Å². The number of ether oxygens (including phenoxy) is 1.